The van der Waals surface area contributed by atoms with Crippen LogP contribution in [0.5, 0.6) is 0 Å². The Morgan fingerprint density at radius 3 is 1.16 bits per heavy atom. The number of phosphoric acid groups is 1. The molecule has 0 fully saturated rings. The fourth-order valence-corrected chi connectivity index (χ4v) is 10.4. The number of ether oxygens (including phenoxy) is 1. The van der Waals surface area contributed by atoms with Gasteiger partial charge < -0.3 is 28.5 Å². The third-order valence-electron chi connectivity index (χ3n) is 14.6. The molecule has 1 amide bonds. The first-order chi connectivity index (χ1) is 35.9. The standard InChI is InChI=1S/C64H125N2O7P/c1-7-10-13-16-19-22-25-28-30-31-32-33-34-35-36-38-41-44-47-50-53-56-63(67)65-61(60-72-74(69,70)71-59-58-66(4,5)6)62(55-52-49-46-43-40-37-27-24-21-18-15-12-9-3)73-64(68)57-54-51-48-45-42-39-29-26-23-20-17-14-11-8-2/h39,42,52,55,61-62H,7-38,40-41,43-51,53-54,56-60H2,1-6H3,(H-,65,67,69,70)/b42-39-,55-52+. The molecule has 0 rings (SSSR count). The van der Waals surface area contributed by atoms with Gasteiger partial charge in [-0.05, 0) is 57.4 Å². The number of amides is 1. The van der Waals surface area contributed by atoms with Gasteiger partial charge in [0.05, 0.1) is 33.8 Å². The number of likely N-dealkylation sites (N-methyl/N-ethyl adjacent to an activating group) is 1. The number of carbonyl (C=O) groups excluding carboxylic acids is 2. The van der Waals surface area contributed by atoms with Crippen LogP contribution in [-0.2, 0) is 27.9 Å². The minimum absolute atomic E-state index is 0.0208. The molecule has 3 unspecified atom stereocenters. The van der Waals surface area contributed by atoms with E-state index in [1.165, 1.54) is 218 Å². The van der Waals surface area contributed by atoms with Crippen LogP contribution in [0.2, 0.25) is 0 Å². The van der Waals surface area contributed by atoms with Crippen molar-refractivity contribution in [3.05, 3.63) is 24.3 Å². The largest absolute Gasteiger partial charge is 0.756 e. The summed E-state index contributed by atoms with van der Waals surface area (Å²) in [5.41, 5.74) is 0. The fourth-order valence-electron chi connectivity index (χ4n) is 9.64. The number of hydrogen-bond acceptors (Lipinski definition) is 7. The lowest BCUT2D eigenvalue weighted by molar-refractivity contribution is -0.870. The first kappa shape index (κ1) is 72.5. The zero-order chi connectivity index (χ0) is 54.3. The van der Waals surface area contributed by atoms with Crippen molar-refractivity contribution in [3.63, 3.8) is 0 Å². The maximum Gasteiger partial charge on any atom is 0.306 e. The van der Waals surface area contributed by atoms with Gasteiger partial charge in [0.1, 0.15) is 19.3 Å². The molecule has 0 bridgehead atoms. The van der Waals surface area contributed by atoms with Crippen LogP contribution in [0.3, 0.4) is 0 Å². The lowest BCUT2D eigenvalue weighted by atomic mass is 10.0. The zero-order valence-electron chi connectivity index (χ0n) is 50.1. The summed E-state index contributed by atoms with van der Waals surface area (Å²) in [5, 5.41) is 3.04. The van der Waals surface area contributed by atoms with Gasteiger partial charge in [0.15, 0.2) is 0 Å². The highest BCUT2D eigenvalue weighted by Crippen LogP contribution is 2.38. The Hall–Kier alpha value is -1.51. The third kappa shape index (κ3) is 55.3. The number of phosphoric ester groups is 1. The van der Waals surface area contributed by atoms with Gasteiger partial charge in [0.25, 0.3) is 7.82 Å². The molecule has 0 saturated heterocycles. The van der Waals surface area contributed by atoms with Crippen LogP contribution in [-0.4, -0.2) is 69.4 Å². The topological polar surface area (TPSA) is 114 Å². The lowest BCUT2D eigenvalue weighted by Crippen LogP contribution is -2.47. The molecule has 1 N–H and O–H groups in total. The predicted molar refractivity (Wildman–Crippen MR) is 317 cm³/mol. The molecule has 74 heavy (non-hydrogen) atoms. The van der Waals surface area contributed by atoms with E-state index in [4.69, 9.17) is 13.8 Å². The number of rotatable bonds is 59. The van der Waals surface area contributed by atoms with Gasteiger partial charge in [-0.15, -0.1) is 0 Å². The Bertz CT molecular complexity index is 1320. The summed E-state index contributed by atoms with van der Waals surface area (Å²) in [6.45, 7) is 6.88. The second-order valence-corrected chi connectivity index (χ2v) is 24.7. The van der Waals surface area contributed by atoms with Gasteiger partial charge >= 0.3 is 5.97 Å². The van der Waals surface area contributed by atoms with Gasteiger partial charge in [-0.2, -0.15) is 0 Å². The molecular formula is C64H125N2O7P. The fraction of sp³-hybridized carbons (Fsp3) is 0.906. The Morgan fingerprint density at radius 2 is 0.784 bits per heavy atom. The molecule has 3 atom stereocenters. The van der Waals surface area contributed by atoms with Crippen molar-refractivity contribution in [2.75, 3.05) is 40.9 Å². The van der Waals surface area contributed by atoms with Crippen LogP contribution in [0, 0.1) is 0 Å². The molecule has 0 spiro atoms. The summed E-state index contributed by atoms with van der Waals surface area (Å²) in [4.78, 5) is 40.0. The van der Waals surface area contributed by atoms with Gasteiger partial charge in [0.2, 0.25) is 5.91 Å². The molecule has 10 heteroatoms. The van der Waals surface area contributed by atoms with E-state index in [-0.39, 0.29) is 31.5 Å². The maximum atomic E-state index is 13.5. The SMILES string of the molecule is CCCCCCCCC/C=C\CCCCCC(=O)OC(/C=C/CCCCCCCCCCCCC)C(COP(=O)([O-])OCC[N+](C)(C)C)NC(=O)CCCCCCCCCCCCCCCCCCCCCCC. The molecule has 9 nitrogen and oxygen atoms in total. The Balaban J connectivity index is 5.19. The maximum absolute atomic E-state index is 13.5. The predicted octanol–water partition coefficient (Wildman–Crippen LogP) is 19.1. The number of esters is 1. The van der Waals surface area contributed by atoms with E-state index in [9.17, 15) is 19.0 Å². The number of allylic oxidation sites excluding steroid dienone is 3. The van der Waals surface area contributed by atoms with Crippen molar-refractivity contribution >= 4 is 19.7 Å². The van der Waals surface area contributed by atoms with Crippen LogP contribution in [0.15, 0.2) is 24.3 Å². The van der Waals surface area contributed by atoms with Crippen molar-refractivity contribution < 1.29 is 37.3 Å². The quantitative estimate of drug-likeness (QED) is 0.0212. The highest BCUT2D eigenvalue weighted by molar-refractivity contribution is 7.45. The number of quaternary nitrogens is 1. The number of nitrogens with zero attached hydrogens (tertiary/aromatic N) is 1. The number of unbranched alkanes of at least 4 members (excludes halogenated alkanes) is 41. The van der Waals surface area contributed by atoms with Crippen LogP contribution >= 0.6 is 7.82 Å². The molecule has 0 aromatic rings. The van der Waals surface area contributed by atoms with Crippen LogP contribution in [0.1, 0.15) is 323 Å². The van der Waals surface area contributed by atoms with Crippen molar-refractivity contribution in [1.29, 1.82) is 0 Å². The Kier molecular flexibility index (Phi) is 53.7. The summed E-state index contributed by atoms with van der Waals surface area (Å²) in [6.07, 6.45) is 64.3. The molecular weight excluding hydrogens is 940 g/mol. The van der Waals surface area contributed by atoms with Crippen LogP contribution in [0.4, 0.5) is 0 Å². The lowest BCUT2D eigenvalue weighted by Gasteiger charge is -2.30. The Morgan fingerprint density at radius 1 is 0.459 bits per heavy atom. The molecule has 0 heterocycles. The average Bonchev–Trinajstić information content (AvgIpc) is 3.36. The number of nitrogens with one attached hydrogen (secondary N) is 1. The summed E-state index contributed by atoms with van der Waals surface area (Å²) in [7, 11) is 1.19. The molecule has 0 aliphatic carbocycles. The summed E-state index contributed by atoms with van der Waals surface area (Å²) >= 11 is 0. The summed E-state index contributed by atoms with van der Waals surface area (Å²) in [6, 6.07) is -0.888. The van der Waals surface area contributed by atoms with E-state index in [1.54, 1.807) is 0 Å². The average molecular weight is 1070 g/mol. The van der Waals surface area contributed by atoms with Gasteiger partial charge in [-0.3, -0.25) is 14.2 Å². The van der Waals surface area contributed by atoms with Crippen molar-refractivity contribution in [3.8, 4) is 0 Å². The molecule has 0 aromatic carbocycles. The smallest absolute Gasteiger partial charge is 0.306 e. The first-order valence-corrected chi connectivity index (χ1v) is 33.6. The van der Waals surface area contributed by atoms with Crippen molar-refractivity contribution in [2.24, 2.45) is 0 Å². The monoisotopic (exact) mass is 1060 g/mol. The van der Waals surface area contributed by atoms with Gasteiger partial charge in [-0.1, -0.05) is 277 Å². The van der Waals surface area contributed by atoms with Crippen LogP contribution in [0.25, 0.3) is 0 Å². The molecule has 0 aliphatic heterocycles. The molecule has 438 valence electrons. The highest BCUT2D eigenvalue weighted by Gasteiger charge is 2.27. The zero-order valence-corrected chi connectivity index (χ0v) is 51.0. The van der Waals surface area contributed by atoms with E-state index < -0.39 is 20.0 Å². The molecule has 0 radical (unpaired) electrons. The van der Waals surface area contributed by atoms with Gasteiger partial charge in [0, 0.05) is 12.8 Å². The Labute approximate surface area is 460 Å². The number of hydrogen-bond donors (Lipinski definition) is 1. The summed E-state index contributed by atoms with van der Waals surface area (Å²) < 4.78 is 30.3. The highest BCUT2D eigenvalue weighted by atomic mass is 31.2. The molecule has 0 aromatic heterocycles. The van der Waals surface area contributed by atoms with E-state index >= 15 is 0 Å². The molecule has 0 saturated carbocycles. The van der Waals surface area contributed by atoms with E-state index in [0.29, 0.717) is 23.9 Å². The minimum atomic E-state index is -4.70. The van der Waals surface area contributed by atoms with E-state index in [0.717, 1.165) is 64.2 Å². The van der Waals surface area contributed by atoms with Crippen LogP contribution < -0.4 is 10.2 Å². The second kappa shape index (κ2) is 54.8. The first-order valence-electron chi connectivity index (χ1n) is 32.1. The summed E-state index contributed by atoms with van der Waals surface area (Å²) in [5.74, 6) is -0.542. The van der Waals surface area contributed by atoms with E-state index in [1.807, 2.05) is 33.3 Å². The minimum Gasteiger partial charge on any atom is -0.756 e. The molecule has 0 aliphatic rings. The van der Waals surface area contributed by atoms with Gasteiger partial charge in [-0.25, -0.2) is 0 Å². The number of carbonyl (C=O) groups is 2. The third-order valence-corrected chi connectivity index (χ3v) is 15.6. The van der Waals surface area contributed by atoms with Crippen molar-refractivity contribution in [1.82, 2.24) is 5.32 Å². The van der Waals surface area contributed by atoms with Crippen molar-refractivity contribution in [2.45, 2.75) is 335 Å². The second-order valence-electron chi connectivity index (χ2n) is 23.3. The van der Waals surface area contributed by atoms with E-state index in [2.05, 4.69) is 38.2 Å². The normalized spacial score (nSPS) is 13.8.